The Hall–Kier alpha value is -3.42. The Morgan fingerprint density at radius 2 is 1.92 bits per heavy atom. The molecule has 8 heteroatoms. The molecular weight excluding hydrogens is 326 g/mol. The van der Waals surface area contributed by atoms with Gasteiger partial charge in [-0.15, -0.1) is 0 Å². The molecule has 0 unspecified atom stereocenters. The number of carbonyl (C=O) groups excluding carboxylic acids is 1. The van der Waals surface area contributed by atoms with Gasteiger partial charge >= 0.3 is 0 Å². The van der Waals surface area contributed by atoms with Crippen LogP contribution in [-0.2, 0) is 4.79 Å². The highest BCUT2D eigenvalue weighted by Gasteiger charge is 2.08. The van der Waals surface area contributed by atoms with Gasteiger partial charge in [-0.3, -0.25) is 14.9 Å². The van der Waals surface area contributed by atoms with Crippen molar-refractivity contribution in [1.82, 2.24) is 5.43 Å². The van der Waals surface area contributed by atoms with Crippen molar-refractivity contribution in [2.45, 2.75) is 6.92 Å². The minimum atomic E-state index is -0.532. The molecule has 2 rings (SSSR count). The number of nitrogens with zero attached hydrogens (tertiary/aromatic N) is 2. The van der Waals surface area contributed by atoms with Crippen LogP contribution in [0.1, 0.15) is 12.5 Å². The number of amides is 1. The van der Waals surface area contributed by atoms with E-state index in [1.807, 2.05) is 12.1 Å². The quantitative estimate of drug-likeness (QED) is 0.473. The molecule has 2 aromatic rings. The van der Waals surface area contributed by atoms with Crippen molar-refractivity contribution in [3.8, 4) is 11.5 Å². The van der Waals surface area contributed by atoms with Gasteiger partial charge in [-0.1, -0.05) is 6.07 Å². The number of methoxy groups -OCH3 is 1. The molecule has 8 nitrogen and oxygen atoms in total. The lowest BCUT2D eigenvalue weighted by molar-refractivity contribution is -0.384. The van der Waals surface area contributed by atoms with E-state index >= 15 is 0 Å². The topological polar surface area (TPSA) is 103 Å². The summed E-state index contributed by atoms with van der Waals surface area (Å²) in [5.74, 6) is 0.491. The average Bonchev–Trinajstić information content (AvgIpc) is 2.64. The molecule has 1 amide bonds. The van der Waals surface area contributed by atoms with Crippen LogP contribution in [-0.4, -0.2) is 30.3 Å². The van der Waals surface area contributed by atoms with Crippen LogP contribution >= 0.6 is 0 Å². The zero-order chi connectivity index (χ0) is 18.2. The van der Waals surface area contributed by atoms with Gasteiger partial charge in [0.05, 0.1) is 23.8 Å². The number of hydrazone groups is 1. The summed E-state index contributed by atoms with van der Waals surface area (Å²) in [6.07, 6.45) is 0. The van der Waals surface area contributed by atoms with Crippen molar-refractivity contribution < 1.29 is 19.2 Å². The number of nitrogens with one attached hydrogen (secondary N) is 1. The van der Waals surface area contributed by atoms with E-state index in [0.29, 0.717) is 5.71 Å². The third kappa shape index (κ3) is 5.31. The summed E-state index contributed by atoms with van der Waals surface area (Å²) in [6, 6.07) is 12.8. The molecule has 0 spiro atoms. The molecule has 0 atom stereocenters. The number of nitro benzene ring substituents is 1. The van der Waals surface area contributed by atoms with Crippen LogP contribution in [0.25, 0.3) is 0 Å². The van der Waals surface area contributed by atoms with Crippen molar-refractivity contribution in [2.75, 3.05) is 13.7 Å². The van der Waals surface area contributed by atoms with Gasteiger partial charge < -0.3 is 9.47 Å². The van der Waals surface area contributed by atoms with E-state index in [1.165, 1.54) is 24.3 Å². The molecule has 0 aliphatic carbocycles. The maximum absolute atomic E-state index is 11.8. The second-order valence-corrected chi connectivity index (χ2v) is 5.00. The first-order valence-electron chi connectivity index (χ1n) is 7.34. The smallest absolute Gasteiger partial charge is 0.277 e. The standard InChI is InChI=1S/C17H17N3O5/c1-12(13-6-8-15(24-2)9-7-13)18-19-17(21)11-25-16-5-3-4-14(10-16)20(22)23/h3-10H,11H2,1-2H3,(H,19,21). The Kier molecular flexibility index (Phi) is 6.05. The van der Waals surface area contributed by atoms with Gasteiger partial charge in [0.15, 0.2) is 6.61 Å². The maximum Gasteiger partial charge on any atom is 0.277 e. The van der Waals surface area contributed by atoms with Crippen LogP contribution in [0.15, 0.2) is 53.6 Å². The first-order chi connectivity index (χ1) is 12.0. The summed E-state index contributed by atoms with van der Waals surface area (Å²) in [5.41, 5.74) is 3.72. The van der Waals surface area contributed by atoms with Crippen molar-refractivity contribution >= 4 is 17.3 Å². The van der Waals surface area contributed by atoms with Crippen LogP contribution in [0.2, 0.25) is 0 Å². The number of carbonyl (C=O) groups is 1. The first kappa shape index (κ1) is 17.9. The lowest BCUT2D eigenvalue weighted by atomic mass is 10.1. The monoisotopic (exact) mass is 343 g/mol. The Morgan fingerprint density at radius 3 is 2.56 bits per heavy atom. The Bertz CT molecular complexity index is 787. The zero-order valence-electron chi connectivity index (χ0n) is 13.8. The number of hydrogen-bond donors (Lipinski definition) is 1. The summed E-state index contributed by atoms with van der Waals surface area (Å²) >= 11 is 0. The average molecular weight is 343 g/mol. The number of benzene rings is 2. The number of non-ortho nitro benzene ring substituents is 1. The molecule has 2 aromatic carbocycles. The van der Waals surface area contributed by atoms with Gasteiger partial charge in [0.1, 0.15) is 11.5 Å². The van der Waals surface area contributed by atoms with Gasteiger partial charge in [0.25, 0.3) is 11.6 Å². The lowest BCUT2D eigenvalue weighted by Crippen LogP contribution is -2.25. The molecule has 0 saturated carbocycles. The van der Waals surface area contributed by atoms with E-state index in [4.69, 9.17) is 9.47 Å². The molecule has 0 aliphatic heterocycles. The normalized spacial score (nSPS) is 10.9. The largest absolute Gasteiger partial charge is 0.497 e. The van der Waals surface area contributed by atoms with Crippen LogP contribution in [0.5, 0.6) is 11.5 Å². The summed E-state index contributed by atoms with van der Waals surface area (Å²) in [4.78, 5) is 21.9. The summed E-state index contributed by atoms with van der Waals surface area (Å²) in [5, 5.41) is 14.7. The van der Waals surface area contributed by atoms with E-state index in [1.54, 1.807) is 26.2 Å². The van der Waals surface area contributed by atoms with Crippen molar-refractivity contribution in [3.63, 3.8) is 0 Å². The Balaban J connectivity index is 1.89. The van der Waals surface area contributed by atoms with Gasteiger partial charge in [-0.05, 0) is 42.8 Å². The number of nitro groups is 1. The molecule has 0 heterocycles. The van der Waals surface area contributed by atoms with E-state index in [9.17, 15) is 14.9 Å². The second kappa shape index (κ2) is 8.44. The number of ether oxygens (including phenoxy) is 2. The van der Waals surface area contributed by atoms with Crippen molar-refractivity contribution in [1.29, 1.82) is 0 Å². The van der Waals surface area contributed by atoms with E-state index in [-0.39, 0.29) is 18.0 Å². The van der Waals surface area contributed by atoms with Crippen molar-refractivity contribution in [2.24, 2.45) is 5.10 Å². The Labute approximate surface area is 144 Å². The minimum absolute atomic E-state index is 0.105. The first-order valence-corrected chi connectivity index (χ1v) is 7.34. The van der Waals surface area contributed by atoms with E-state index in [0.717, 1.165) is 11.3 Å². The highest BCUT2D eigenvalue weighted by Crippen LogP contribution is 2.18. The molecule has 0 bridgehead atoms. The van der Waals surface area contributed by atoms with Crippen molar-refractivity contribution in [3.05, 3.63) is 64.2 Å². The van der Waals surface area contributed by atoms with Gasteiger partial charge in [-0.2, -0.15) is 5.10 Å². The highest BCUT2D eigenvalue weighted by molar-refractivity contribution is 5.99. The molecule has 1 N–H and O–H groups in total. The minimum Gasteiger partial charge on any atom is -0.497 e. The zero-order valence-corrected chi connectivity index (χ0v) is 13.8. The fourth-order valence-electron chi connectivity index (χ4n) is 1.91. The van der Waals surface area contributed by atoms with Gasteiger partial charge in [-0.25, -0.2) is 5.43 Å². The van der Waals surface area contributed by atoms with E-state index in [2.05, 4.69) is 10.5 Å². The van der Waals surface area contributed by atoms with E-state index < -0.39 is 10.8 Å². The number of rotatable bonds is 7. The number of hydrogen-bond acceptors (Lipinski definition) is 6. The molecular formula is C17H17N3O5. The summed E-state index contributed by atoms with van der Waals surface area (Å²) in [6.45, 7) is 1.45. The maximum atomic E-state index is 11.8. The molecule has 25 heavy (non-hydrogen) atoms. The van der Waals surface area contributed by atoms with Gasteiger partial charge in [0, 0.05) is 6.07 Å². The predicted octanol–water partition coefficient (Wildman–Crippen LogP) is 2.52. The summed E-state index contributed by atoms with van der Waals surface area (Å²) in [7, 11) is 1.58. The molecule has 0 aromatic heterocycles. The summed E-state index contributed by atoms with van der Waals surface area (Å²) < 4.78 is 10.3. The van der Waals surface area contributed by atoms with Crippen LogP contribution in [0.4, 0.5) is 5.69 Å². The van der Waals surface area contributed by atoms with Crippen LogP contribution in [0, 0.1) is 10.1 Å². The molecule has 0 aliphatic rings. The third-order valence-electron chi connectivity index (χ3n) is 3.25. The second-order valence-electron chi connectivity index (χ2n) is 5.00. The fourth-order valence-corrected chi connectivity index (χ4v) is 1.91. The molecule has 0 radical (unpaired) electrons. The molecule has 0 saturated heterocycles. The highest BCUT2D eigenvalue weighted by atomic mass is 16.6. The SMILES string of the molecule is COc1ccc(C(C)=NNC(=O)COc2cccc([N+](=O)[O-])c2)cc1. The fraction of sp³-hybridized carbons (Fsp3) is 0.176. The third-order valence-corrected chi connectivity index (χ3v) is 3.25. The van der Waals surface area contributed by atoms with Gasteiger partial charge in [0.2, 0.25) is 0 Å². The lowest BCUT2D eigenvalue weighted by Gasteiger charge is -2.06. The van der Waals surface area contributed by atoms with Crippen LogP contribution < -0.4 is 14.9 Å². The van der Waals surface area contributed by atoms with Crippen LogP contribution in [0.3, 0.4) is 0 Å². The molecule has 130 valence electrons. The predicted molar refractivity (Wildman–Crippen MR) is 91.9 cm³/mol. The molecule has 0 fully saturated rings. The Morgan fingerprint density at radius 1 is 1.20 bits per heavy atom.